The first-order valence-corrected chi connectivity index (χ1v) is 12.4. The van der Waals surface area contributed by atoms with Crippen LogP contribution in [0.2, 0.25) is 0 Å². The first-order chi connectivity index (χ1) is 16.0. The smallest absolute Gasteiger partial charge is 0.219 e. The topological polar surface area (TPSA) is 38.8 Å². The Morgan fingerprint density at radius 1 is 1.18 bits per heavy atom. The summed E-state index contributed by atoms with van der Waals surface area (Å²) in [5.74, 6) is 0.0729. The van der Waals surface area contributed by atoms with Gasteiger partial charge in [-0.05, 0) is 48.6 Å². The van der Waals surface area contributed by atoms with Gasteiger partial charge in [-0.25, -0.2) is 0 Å². The van der Waals surface area contributed by atoms with Gasteiger partial charge in [-0.3, -0.25) is 4.79 Å². The van der Waals surface area contributed by atoms with E-state index < -0.39 is 5.60 Å². The zero-order valence-electron chi connectivity index (χ0n) is 19.4. The molecule has 0 N–H and O–H groups in total. The summed E-state index contributed by atoms with van der Waals surface area (Å²) >= 11 is 3.55. The van der Waals surface area contributed by atoms with Crippen molar-refractivity contribution in [1.82, 2.24) is 4.90 Å². The van der Waals surface area contributed by atoms with Gasteiger partial charge in [0, 0.05) is 24.4 Å². The summed E-state index contributed by atoms with van der Waals surface area (Å²) in [6.07, 6.45) is 8.94. The number of allylic oxidation sites excluding steroid dienone is 3. The van der Waals surface area contributed by atoms with E-state index in [4.69, 9.17) is 9.47 Å². The lowest BCUT2D eigenvalue weighted by Crippen LogP contribution is -2.57. The highest BCUT2D eigenvalue weighted by Gasteiger charge is 2.47. The molecule has 1 aliphatic heterocycles. The van der Waals surface area contributed by atoms with Gasteiger partial charge in [0.05, 0.1) is 19.8 Å². The van der Waals surface area contributed by atoms with Crippen molar-refractivity contribution in [2.45, 2.75) is 51.4 Å². The molecule has 1 amide bonds. The average Bonchev–Trinajstić information content (AvgIpc) is 2.83. The maximum Gasteiger partial charge on any atom is 0.219 e. The standard InChI is InChI=1S/C28H32BrNO3/c1-21-11-13-25(14-12-21)28(33-20-23-7-4-3-5-8-23)15-16-30(22(2)31)18-27(28)32-19-24-9-6-10-26(29)17-24/h3-4,6-7,9-14,17,27H,5,8,15-16,18-20H2,1-2H3. The van der Waals surface area contributed by atoms with Gasteiger partial charge in [-0.15, -0.1) is 0 Å². The molecule has 0 bridgehead atoms. The molecule has 0 radical (unpaired) electrons. The molecule has 0 saturated carbocycles. The van der Waals surface area contributed by atoms with E-state index in [0.717, 1.165) is 28.4 Å². The van der Waals surface area contributed by atoms with Crippen LogP contribution in [0.3, 0.4) is 0 Å². The molecule has 1 heterocycles. The normalized spacial score (nSPS) is 22.8. The average molecular weight is 510 g/mol. The summed E-state index contributed by atoms with van der Waals surface area (Å²) < 4.78 is 14.4. The summed E-state index contributed by atoms with van der Waals surface area (Å²) in [6, 6.07) is 16.7. The first kappa shape index (κ1) is 23.9. The lowest BCUT2D eigenvalue weighted by molar-refractivity contribution is -0.186. The van der Waals surface area contributed by atoms with Crippen molar-refractivity contribution in [1.29, 1.82) is 0 Å². The highest BCUT2D eigenvalue weighted by Crippen LogP contribution is 2.40. The minimum atomic E-state index is -0.617. The Kier molecular flexibility index (Phi) is 7.84. The summed E-state index contributed by atoms with van der Waals surface area (Å²) in [7, 11) is 0. The van der Waals surface area contributed by atoms with E-state index in [1.807, 2.05) is 17.0 Å². The van der Waals surface area contributed by atoms with Crippen LogP contribution in [0.1, 0.15) is 42.9 Å². The van der Waals surface area contributed by atoms with Gasteiger partial charge in [-0.1, -0.05) is 76.1 Å². The van der Waals surface area contributed by atoms with Gasteiger partial charge in [0.1, 0.15) is 11.7 Å². The van der Waals surface area contributed by atoms with Crippen molar-refractivity contribution >= 4 is 21.8 Å². The molecule has 1 aliphatic carbocycles. The van der Waals surface area contributed by atoms with Crippen LogP contribution >= 0.6 is 15.9 Å². The van der Waals surface area contributed by atoms with Crippen LogP contribution in [0.25, 0.3) is 0 Å². The van der Waals surface area contributed by atoms with Gasteiger partial charge in [-0.2, -0.15) is 0 Å². The van der Waals surface area contributed by atoms with E-state index >= 15 is 0 Å². The molecule has 5 heteroatoms. The van der Waals surface area contributed by atoms with Crippen LogP contribution in [0.5, 0.6) is 0 Å². The molecule has 2 aromatic carbocycles. The van der Waals surface area contributed by atoms with Gasteiger partial charge in [0.15, 0.2) is 0 Å². The Morgan fingerprint density at radius 3 is 2.70 bits per heavy atom. The molecule has 174 valence electrons. The third-order valence-corrected chi connectivity index (χ3v) is 7.09. The lowest BCUT2D eigenvalue weighted by atomic mass is 9.81. The Morgan fingerprint density at radius 2 is 2.00 bits per heavy atom. The predicted octanol–water partition coefficient (Wildman–Crippen LogP) is 6.08. The summed E-state index contributed by atoms with van der Waals surface area (Å²) in [4.78, 5) is 14.1. The van der Waals surface area contributed by atoms with Crippen molar-refractivity contribution in [2.75, 3.05) is 19.7 Å². The van der Waals surface area contributed by atoms with Crippen molar-refractivity contribution in [3.8, 4) is 0 Å². The molecular formula is C28H32BrNO3. The van der Waals surface area contributed by atoms with E-state index in [1.54, 1.807) is 6.92 Å². The number of hydrogen-bond acceptors (Lipinski definition) is 3. The van der Waals surface area contributed by atoms with Crippen LogP contribution < -0.4 is 0 Å². The molecule has 4 rings (SSSR count). The number of amides is 1. The molecule has 33 heavy (non-hydrogen) atoms. The molecule has 2 aromatic rings. The van der Waals surface area contributed by atoms with E-state index in [-0.39, 0.29) is 12.0 Å². The van der Waals surface area contributed by atoms with E-state index in [9.17, 15) is 4.79 Å². The quantitative estimate of drug-likeness (QED) is 0.453. The van der Waals surface area contributed by atoms with Crippen molar-refractivity contribution in [3.63, 3.8) is 0 Å². The largest absolute Gasteiger partial charge is 0.368 e. The van der Waals surface area contributed by atoms with E-state index in [1.165, 1.54) is 11.1 Å². The number of aryl methyl sites for hydroxylation is 1. The van der Waals surface area contributed by atoms with Gasteiger partial charge < -0.3 is 14.4 Å². The minimum Gasteiger partial charge on any atom is -0.368 e. The van der Waals surface area contributed by atoms with Crippen molar-refractivity contribution < 1.29 is 14.3 Å². The van der Waals surface area contributed by atoms with E-state index in [0.29, 0.717) is 32.7 Å². The van der Waals surface area contributed by atoms with E-state index in [2.05, 4.69) is 77.5 Å². The molecule has 1 saturated heterocycles. The second kappa shape index (κ2) is 10.8. The van der Waals surface area contributed by atoms with Crippen LogP contribution in [0.15, 0.2) is 76.8 Å². The van der Waals surface area contributed by atoms with Crippen LogP contribution in [-0.2, 0) is 26.5 Å². The Balaban J connectivity index is 1.65. The van der Waals surface area contributed by atoms with Crippen molar-refractivity contribution in [2.24, 2.45) is 0 Å². The molecule has 2 unspecified atom stereocenters. The predicted molar refractivity (Wildman–Crippen MR) is 135 cm³/mol. The van der Waals surface area contributed by atoms with Crippen LogP contribution in [0.4, 0.5) is 0 Å². The maximum atomic E-state index is 12.3. The third kappa shape index (κ3) is 5.84. The number of halogens is 1. The fraction of sp³-hybridized carbons (Fsp3) is 0.393. The molecule has 0 aromatic heterocycles. The van der Waals surface area contributed by atoms with Gasteiger partial charge in [0.2, 0.25) is 5.91 Å². The molecular weight excluding hydrogens is 478 g/mol. The zero-order valence-corrected chi connectivity index (χ0v) is 21.0. The molecule has 1 fully saturated rings. The van der Waals surface area contributed by atoms with Crippen LogP contribution in [0, 0.1) is 6.92 Å². The highest BCUT2D eigenvalue weighted by molar-refractivity contribution is 9.10. The number of carbonyl (C=O) groups excluding carboxylic acids is 1. The third-order valence-electron chi connectivity index (χ3n) is 6.60. The number of ether oxygens (including phenoxy) is 2. The maximum absolute atomic E-state index is 12.3. The first-order valence-electron chi connectivity index (χ1n) is 11.6. The Bertz CT molecular complexity index is 1030. The number of nitrogens with zero attached hydrogens (tertiary/aromatic N) is 1. The number of piperidine rings is 1. The number of likely N-dealkylation sites (tertiary alicyclic amines) is 1. The lowest BCUT2D eigenvalue weighted by Gasteiger charge is -2.47. The highest BCUT2D eigenvalue weighted by atomic mass is 79.9. The molecule has 0 spiro atoms. The fourth-order valence-corrected chi connectivity index (χ4v) is 5.05. The second-order valence-corrected chi connectivity index (χ2v) is 9.90. The minimum absolute atomic E-state index is 0.0729. The van der Waals surface area contributed by atoms with Crippen molar-refractivity contribution in [3.05, 3.63) is 93.5 Å². The fourth-order valence-electron chi connectivity index (χ4n) is 4.61. The number of carbonyl (C=O) groups is 1. The van der Waals surface area contributed by atoms with Crippen LogP contribution in [-0.4, -0.2) is 36.6 Å². The van der Waals surface area contributed by atoms with Gasteiger partial charge in [0.25, 0.3) is 0 Å². The Labute approximate surface area is 205 Å². The SMILES string of the molecule is CC(=O)N1CCC(OCC2=CC=CCC2)(c2ccc(C)cc2)C(OCc2cccc(Br)c2)C1. The zero-order chi connectivity index (χ0) is 23.3. The summed E-state index contributed by atoms with van der Waals surface area (Å²) in [5, 5.41) is 0. The summed E-state index contributed by atoms with van der Waals surface area (Å²) in [5.41, 5.74) is 4.09. The molecule has 2 atom stereocenters. The number of hydrogen-bond donors (Lipinski definition) is 0. The molecule has 2 aliphatic rings. The summed E-state index contributed by atoms with van der Waals surface area (Å²) in [6.45, 7) is 5.91. The number of rotatable bonds is 7. The molecule has 4 nitrogen and oxygen atoms in total. The number of benzene rings is 2. The monoisotopic (exact) mass is 509 g/mol. The second-order valence-electron chi connectivity index (χ2n) is 8.98. The Hall–Kier alpha value is -2.21. The van der Waals surface area contributed by atoms with Gasteiger partial charge >= 0.3 is 0 Å².